The summed E-state index contributed by atoms with van der Waals surface area (Å²) in [7, 11) is 0. The zero-order valence-electron chi connectivity index (χ0n) is 17.0. The van der Waals surface area contributed by atoms with Crippen LogP contribution in [0, 0.1) is 23.6 Å². The number of allylic oxidation sites excluding steroid dienone is 2. The minimum Gasteiger partial charge on any atom is -0.473 e. The topological polar surface area (TPSA) is 90.1 Å². The van der Waals surface area contributed by atoms with Gasteiger partial charge in [0.2, 0.25) is 17.7 Å². The lowest BCUT2D eigenvalue weighted by Gasteiger charge is -2.17. The first-order valence-corrected chi connectivity index (χ1v) is 10.2. The maximum absolute atomic E-state index is 14.4. The van der Waals surface area contributed by atoms with Crippen molar-refractivity contribution in [3.63, 3.8) is 0 Å². The van der Waals surface area contributed by atoms with E-state index < -0.39 is 23.6 Å². The number of halogens is 4. The van der Waals surface area contributed by atoms with Crippen molar-refractivity contribution >= 4 is 11.9 Å². The predicted molar refractivity (Wildman–Crippen MR) is 107 cm³/mol. The van der Waals surface area contributed by atoms with E-state index in [0.717, 1.165) is 12.8 Å². The molecule has 1 aromatic heterocycles. The third kappa shape index (κ3) is 5.17. The molecule has 1 unspecified atom stereocenters. The van der Waals surface area contributed by atoms with E-state index in [4.69, 9.17) is 10.5 Å². The summed E-state index contributed by atoms with van der Waals surface area (Å²) in [6, 6.07) is 4.91. The molecule has 32 heavy (non-hydrogen) atoms. The molecule has 1 aromatic carbocycles. The van der Waals surface area contributed by atoms with Crippen molar-refractivity contribution in [2.24, 2.45) is 17.8 Å². The van der Waals surface area contributed by atoms with Crippen LogP contribution < -0.4 is 15.8 Å². The van der Waals surface area contributed by atoms with Gasteiger partial charge in [-0.1, -0.05) is 24.3 Å². The Morgan fingerprint density at radius 1 is 1.19 bits per heavy atom. The highest BCUT2D eigenvalue weighted by Gasteiger charge is 2.36. The number of carbonyl (C=O) groups excluding carboxylic acids is 1. The molecule has 1 fully saturated rings. The zero-order valence-corrected chi connectivity index (χ0v) is 17.0. The average molecular weight is 450 g/mol. The molecule has 3 N–H and O–H groups in total. The lowest BCUT2D eigenvalue weighted by molar-refractivity contribution is -0.141. The Labute approximate surface area is 181 Å². The Bertz CT molecular complexity index is 1040. The number of hydrogen-bond donors (Lipinski definition) is 2. The molecular formula is C22H22F4N4O2. The van der Waals surface area contributed by atoms with Crippen LogP contribution in [0.5, 0.6) is 5.88 Å². The summed E-state index contributed by atoms with van der Waals surface area (Å²) < 4.78 is 58.1. The van der Waals surface area contributed by atoms with Crippen LogP contribution in [-0.2, 0) is 24.1 Å². The number of alkyl halides is 3. The van der Waals surface area contributed by atoms with Crippen LogP contribution in [0.4, 0.5) is 23.5 Å². The molecular weight excluding hydrogens is 428 g/mol. The van der Waals surface area contributed by atoms with Crippen molar-refractivity contribution in [2.75, 3.05) is 5.73 Å². The third-order valence-electron chi connectivity index (χ3n) is 5.85. The Kier molecular flexibility index (Phi) is 6.03. The van der Waals surface area contributed by atoms with Gasteiger partial charge in [0.1, 0.15) is 12.4 Å². The molecule has 2 aliphatic carbocycles. The molecule has 0 spiro atoms. The van der Waals surface area contributed by atoms with Crippen LogP contribution in [0.25, 0.3) is 0 Å². The Morgan fingerprint density at radius 3 is 2.66 bits per heavy atom. The van der Waals surface area contributed by atoms with Gasteiger partial charge < -0.3 is 15.8 Å². The molecule has 0 aliphatic heterocycles. The molecule has 1 heterocycles. The molecule has 2 aliphatic rings. The lowest BCUT2D eigenvalue weighted by atomic mass is 9.90. The molecule has 4 rings (SSSR count). The monoisotopic (exact) mass is 450 g/mol. The van der Waals surface area contributed by atoms with Crippen LogP contribution in [0.3, 0.4) is 0 Å². The van der Waals surface area contributed by atoms with Crippen LogP contribution in [0.15, 0.2) is 36.4 Å². The van der Waals surface area contributed by atoms with Crippen LogP contribution in [0.1, 0.15) is 36.1 Å². The molecule has 1 amide bonds. The minimum atomic E-state index is -4.69. The van der Waals surface area contributed by atoms with Crippen molar-refractivity contribution in [3.05, 3.63) is 59.1 Å². The molecule has 2 bridgehead atoms. The van der Waals surface area contributed by atoms with Gasteiger partial charge in [-0.15, -0.1) is 0 Å². The van der Waals surface area contributed by atoms with Crippen molar-refractivity contribution in [3.8, 4) is 5.88 Å². The minimum absolute atomic E-state index is 0.0554. The first kappa shape index (κ1) is 22.0. The van der Waals surface area contributed by atoms with E-state index >= 15 is 0 Å². The average Bonchev–Trinajstić information content (AvgIpc) is 3.34. The van der Waals surface area contributed by atoms with Crippen LogP contribution in [0.2, 0.25) is 0 Å². The number of nitrogens with two attached hydrogens (primary N) is 1. The fourth-order valence-corrected chi connectivity index (χ4v) is 4.28. The van der Waals surface area contributed by atoms with Gasteiger partial charge in [0.25, 0.3) is 0 Å². The van der Waals surface area contributed by atoms with E-state index in [9.17, 15) is 22.4 Å². The zero-order chi connectivity index (χ0) is 22.9. The van der Waals surface area contributed by atoms with Crippen LogP contribution >= 0.6 is 0 Å². The first-order chi connectivity index (χ1) is 15.2. The molecule has 0 saturated heterocycles. The van der Waals surface area contributed by atoms with E-state index in [1.807, 2.05) is 0 Å². The normalized spacial score (nSPS) is 21.7. The van der Waals surface area contributed by atoms with E-state index in [1.165, 1.54) is 12.1 Å². The van der Waals surface area contributed by atoms with Crippen molar-refractivity contribution in [1.29, 1.82) is 0 Å². The second-order valence-corrected chi connectivity index (χ2v) is 8.18. The maximum Gasteiger partial charge on any atom is 0.433 e. The summed E-state index contributed by atoms with van der Waals surface area (Å²) in [5.74, 6) is -0.186. The Hall–Kier alpha value is -3.17. The molecule has 3 atom stereocenters. The summed E-state index contributed by atoms with van der Waals surface area (Å²) in [5, 5.41) is 2.76. The number of hydrogen-bond acceptors (Lipinski definition) is 5. The van der Waals surface area contributed by atoms with Crippen molar-refractivity contribution in [1.82, 2.24) is 15.3 Å². The molecule has 1 saturated carbocycles. The highest BCUT2D eigenvalue weighted by molar-refractivity contribution is 5.76. The van der Waals surface area contributed by atoms with Crippen molar-refractivity contribution in [2.45, 2.75) is 38.6 Å². The Morgan fingerprint density at radius 2 is 2.00 bits per heavy atom. The summed E-state index contributed by atoms with van der Waals surface area (Å²) in [6.45, 7) is -0.158. The highest BCUT2D eigenvalue weighted by atomic mass is 19.4. The number of fused-ring (bicyclic) bond motifs is 2. The third-order valence-corrected chi connectivity index (χ3v) is 5.85. The van der Waals surface area contributed by atoms with Crippen molar-refractivity contribution < 1.29 is 27.1 Å². The second kappa shape index (κ2) is 8.76. The largest absolute Gasteiger partial charge is 0.473 e. The van der Waals surface area contributed by atoms with Gasteiger partial charge in [0, 0.05) is 24.6 Å². The molecule has 10 heteroatoms. The number of nitrogens with zero attached hydrogens (tertiary/aromatic N) is 2. The number of nitrogen functional groups attached to an aromatic ring is 1. The van der Waals surface area contributed by atoms with Gasteiger partial charge in [-0.25, -0.2) is 9.37 Å². The first-order valence-electron chi connectivity index (χ1n) is 10.2. The predicted octanol–water partition coefficient (Wildman–Crippen LogP) is 4.01. The van der Waals surface area contributed by atoms with Gasteiger partial charge in [-0.05, 0) is 42.2 Å². The number of aromatic nitrogens is 2. The van der Waals surface area contributed by atoms with Gasteiger partial charge in [-0.2, -0.15) is 18.2 Å². The summed E-state index contributed by atoms with van der Waals surface area (Å²) in [4.78, 5) is 19.0. The molecule has 2 aromatic rings. The molecule has 0 radical (unpaired) electrons. The molecule has 170 valence electrons. The van der Waals surface area contributed by atoms with E-state index in [-0.39, 0.29) is 24.9 Å². The lowest BCUT2D eigenvalue weighted by Crippen LogP contribution is -2.26. The number of amides is 1. The van der Waals surface area contributed by atoms with Gasteiger partial charge in [-0.3, -0.25) is 4.79 Å². The SMILES string of the molecule is Nc1nc(OCc2ccc(CNC(=O)CC3C[C@@H]4C=C[C@H]3C4)c(F)c2)cc(C(F)(F)F)n1. The van der Waals surface area contributed by atoms with Crippen LogP contribution in [-0.4, -0.2) is 15.9 Å². The van der Waals surface area contributed by atoms with Gasteiger partial charge >= 0.3 is 6.18 Å². The second-order valence-electron chi connectivity index (χ2n) is 8.18. The highest BCUT2D eigenvalue weighted by Crippen LogP contribution is 2.44. The summed E-state index contributed by atoms with van der Waals surface area (Å²) >= 11 is 0. The number of carbonyl (C=O) groups is 1. The number of ether oxygens (including phenoxy) is 1. The van der Waals surface area contributed by atoms with Gasteiger partial charge in [0.15, 0.2) is 5.69 Å². The fraction of sp³-hybridized carbons (Fsp3) is 0.409. The van der Waals surface area contributed by atoms with Gasteiger partial charge in [0.05, 0.1) is 0 Å². The number of nitrogens with one attached hydrogen (secondary N) is 1. The number of anilines is 1. The number of benzene rings is 1. The standard InChI is InChI=1S/C22H22F4N4O2/c23-17-7-13(11-32-20-9-18(22(24,25)26)29-21(27)30-20)2-4-15(17)10-28-19(31)8-16-6-12-1-3-14(16)5-12/h1-4,7,9,12,14,16H,5-6,8,10-11H2,(H,28,31)(H2,27,29,30)/t12-,14+,16?/m1/s1. The van der Waals surface area contributed by atoms with E-state index in [0.29, 0.717) is 41.4 Å². The smallest absolute Gasteiger partial charge is 0.433 e. The molecule has 6 nitrogen and oxygen atoms in total. The summed E-state index contributed by atoms with van der Waals surface area (Å²) in [6.07, 6.45) is 2.29. The maximum atomic E-state index is 14.4. The van der Waals surface area contributed by atoms with E-state index in [2.05, 4.69) is 27.4 Å². The number of rotatable bonds is 7. The Balaban J connectivity index is 1.30. The quantitative estimate of drug-likeness (QED) is 0.491. The van der Waals surface area contributed by atoms with E-state index in [1.54, 1.807) is 6.07 Å². The fourth-order valence-electron chi connectivity index (χ4n) is 4.28. The summed E-state index contributed by atoms with van der Waals surface area (Å²) in [5.41, 5.74) is 4.76.